The highest BCUT2D eigenvalue weighted by atomic mass is 16.5. The van der Waals surface area contributed by atoms with Gasteiger partial charge in [-0.3, -0.25) is 0 Å². The summed E-state index contributed by atoms with van der Waals surface area (Å²) in [7, 11) is 0. The van der Waals surface area contributed by atoms with E-state index in [1.165, 1.54) is 10.9 Å². The van der Waals surface area contributed by atoms with Crippen LogP contribution in [0.5, 0.6) is 11.5 Å². The van der Waals surface area contributed by atoms with Crippen molar-refractivity contribution in [2.24, 2.45) is 0 Å². The molecule has 3 heterocycles. The molecule has 3 heteroatoms. The average molecular weight is 465 g/mol. The molecule has 172 valence electrons. The minimum Gasteiger partial charge on any atom is -0.453 e. The molecule has 7 rings (SSSR count). The fourth-order valence-corrected chi connectivity index (χ4v) is 5.51. The third-order valence-electron chi connectivity index (χ3n) is 7.00. The summed E-state index contributed by atoms with van der Waals surface area (Å²) < 4.78 is 8.90. The van der Waals surface area contributed by atoms with Crippen LogP contribution in [0.4, 0.5) is 11.4 Å². The second-order valence-electron chi connectivity index (χ2n) is 9.17. The van der Waals surface area contributed by atoms with Gasteiger partial charge in [0.1, 0.15) is 0 Å². The standard InChI is InChI=1S/C33H24N2O/c1-3-11-23-13-10-14-24(20-23)34-19-9-8-12-22(2)31-28(34)21-30-33-32(31)25-15-4-5-16-26(25)35(33)27-17-6-7-18-29(27)36-30/h3-10,12-21H,1-2,11H2/b12-8-,19-9-. The van der Waals surface area contributed by atoms with Crippen molar-refractivity contribution >= 4 is 38.8 Å². The zero-order valence-corrected chi connectivity index (χ0v) is 19.8. The first-order valence-electron chi connectivity index (χ1n) is 12.2. The molecule has 0 saturated carbocycles. The Hall–Kier alpha value is -4.76. The number of allylic oxidation sites excluding steroid dienone is 5. The summed E-state index contributed by atoms with van der Waals surface area (Å²) in [6.07, 6.45) is 11.1. The maximum atomic E-state index is 6.57. The normalized spacial score (nSPS) is 15.6. The molecule has 1 aromatic heterocycles. The molecule has 0 atom stereocenters. The molecule has 0 bridgehead atoms. The van der Waals surface area contributed by atoms with E-state index in [0.717, 1.165) is 62.5 Å². The summed E-state index contributed by atoms with van der Waals surface area (Å²) in [6, 6.07) is 27.6. The monoisotopic (exact) mass is 464 g/mol. The van der Waals surface area contributed by atoms with Crippen LogP contribution in [0.15, 0.2) is 123 Å². The Morgan fingerprint density at radius 3 is 2.61 bits per heavy atom. The molecular formula is C33H24N2O. The molecule has 0 N–H and O–H groups in total. The number of aromatic nitrogens is 1. The molecule has 0 unspecified atom stereocenters. The fraction of sp³-hybridized carbons (Fsp3) is 0.0303. The van der Waals surface area contributed by atoms with Gasteiger partial charge in [0.15, 0.2) is 11.5 Å². The maximum Gasteiger partial charge on any atom is 0.154 e. The quantitative estimate of drug-likeness (QED) is 0.243. The Kier molecular flexibility index (Phi) is 4.52. The van der Waals surface area contributed by atoms with Crippen molar-refractivity contribution in [3.05, 3.63) is 134 Å². The van der Waals surface area contributed by atoms with Crippen LogP contribution < -0.4 is 9.64 Å². The van der Waals surface area contributed by atoms with E-state index in [9.17, 15) is 0 Å². The molecule has 0 aliphatic carbocycles. The smallest absolute Gasteiger partial charge is 0.154 e. The zero-order valence-electron chi connectivity index (χ0n) is 19.8. The molecule has 2 aliphatic rings. The van der Waals surface area contributed by atoms with Crippen molar-refractivity contribution in [2.75, 3.05) is 4.90 Å². The van der Waals surface area contributed by atoms with E-state index in [2.05, 4.69) is 114 Å². The lowest BCUT2D eigenvalue weighted by molar-refractivity contribution is 0.476. The number of ether oxygens (including phenoxy) is 1. The van der Waals surface area contributed by atoms with Gasteiger partial charge in [0.2, 0.25) is 0 Å². The summed E-state index contributed by atoms with van der Waals surface area (Å²) >= 11 is 0. The van der Waals surface area contributed by atoms with Crippen LogP contribution in [0.2, 0.25) is 0 Å². The predicted molar refractivity (Wildman–Crippen MR) is 151 cm³/mol. The number of fused-ring (bicyclic) bond motifs is 7. The second kappa shape index (κ2) is 7.89. The molecular weight excluding hydrogens is 440 g/mol. The lowest BCUT2D eigenvalue weighted by Crippen LogP contribution is -2.13. The number of hydrogen-bond acceptors (Lipinski definition) is 2. The van der Waals surface area contributed by atoms with Gasteiger partial charge in [0, 0.05) is 34.3 Å². The largest absolute Gasteiger partial charge is 0.453 e. The van der Waals surface area contributed by atoms with Crippen LogP contribution >= 0.6 is 0 Å². The molecule has 0 fully saturated rings. The van der Waals surface area contributed by atoms with Gasteiger partial charge in [-0.2, -0.15) is 0 Å². The molecule has 3 nitrogen and oxygen atoms in total. The van der Waals surface area contributed by atoms with Crippen LogP contribution in [0, 0.1) is 0 Å². The number of benzene rings is 4. The van der Waals surface area contributed by atoms with E-state index in [-0.39, 0.29) is 0 Å². The van der Waals surface area contributed by atoms with E-state index in [1.807, 2.05) is 18.2 Å². The minimum absolute atomic E-state index is 0.822. The number of para-hydroxylation sites is 3. The van der Waals surface area contributed by atoms with Crippen LogP contribution in [0.25, 0.3) is 33.1 Å². The topological polar surface area (TPSA) is 17.4 Å². The molecule has 0 saturated heterocycles. The first-order chi connectivity index (χ1) is 17.7. The number of rotatable bonds is 3. The predicted octanol–water partition coefficient (Wildman–Crippen LogP) is 8.85. The molecule has 0 amide bonds. The first kappa shape index (κ1) is 20.6. The summed E-state index contributed by atoms with van der Waals surface area (Å²) in [5.41, 5.74) is 8.72. The highest BCUT2D eigenvalue weighted by Crippen LogP contribution is 2.51. The number of nitrogens with zero attached hydrogens (tertiary/aromatic N) is 2. The molecule has 0 radical (unpaired) electrons. The third-order valence-corrected chi connectivity index (χ3v) is 7.00. The van der Waals surface area contributed by atoms with Crippen molar-refractivity contribution in [1.29, 1.82) is 0 Å². The fourth-order valence-electron chi connectivity index (χ4n) is 5.51. The Bertz CT molecular complexity index is 1780. The lowest BCUT2D eigenvalue weighted by Gasteiger charge is -2.28. The van der Waals surface area contributed by atoms with Crippen molar-refractivity contribution in [2.45, 2.75) is 6.42 Å². The van der Waals surface area contributed by atoms with Gasteiger partial charge in [-0.05, 0) is 54.0 Å². The summed E-state index contributed by atoms with van der Waals surface area (Å²) in [4.78, 5) is 2.24. The van der Waals surface area contributed by atoms with E-state index in [1.54, 1.807) is 0 Å². The Balaban J connectivity index is 1.61. The lowest BCUT2D eigenvalue weighted by atomic mass is 9.95. The Morgan fingerprint density at radius 2 is 1.69 bits per heavy atom. The highest BCUT2D eigenvalue weighted by Gasteiger charge is 2.29. The molecule has 36 heavy (non-hydrogen) atoms. The SMILES string of the molecule is C=CCc1cccc(N2/C=C\C=C/C(=C)c3c2cc2c4c3c3ccccc3n4-c3ccccc3O2)c1. The van der Waals surface area contributed by atoms with Crippen molar-refractivity contribution in [1.82, 2.24) is 4.57 Å². The van der Waals surface area contributed by atoms with Crippen LogP contribution in [0.3, 0.4) is 0 Å². The summed E-state index contributed by atoms with van der Waals surface area (Å²) in [5.74, 6) is 1.70. The molecule has 0 spiro atoms. The zero-order chi connectivity index (χ0) is 24.2. The van der Waals surface area contributed by atoms with Gasteiger partial charge >= 0.3 is 0 Å². The van der Waals surface area contributed by atoms with Crippen LogP contribution in [-0.2, 0) is 6.42 Å². The molecule has 5 aromatic rings. The highest BCUT2D eigenvalue weighted by molar-refractivity contribution is 6.19. The van der Waals surface area contributed by atoms with E-state index >= 15 is 0 Å². The molecule has 4 aromatic carbocycles. The van der Waals surface area contributed by atoms with Gasteiger partial charge in [-0.1, -0.05) is 67.3 Å². The molecule has 2 aliphatic heterocycles. The number of anilines is 2. The van der Waals surface area contributed by atoms with Crippen molar-refractivity contribution < 1.29 is 4.74 Å². The van der Waals surface area contributed by atoms with E-state index in [0.29, 0.717) is 0 Å². The summed E-state index contributed by atoms with van der Waals surface area (Å²) in [5, 5.41) is 2.34. The van der Waals surface area contributed by atoms with Crippen molar-refractivity contribution in [3.63, 3.8) is 0 Å². The summed E-state index contributed by atoms with van der Waals surface area (Å²) in [6.45, 7) is 8.42. The second-order valence-corrected chi connectivity index (χ2v) is 9.17. The minimum atomic E-state index is 0.822. The van der Waals surface area contributed by atoms with Gasteiger partial charge in [-0.25, -0.2) is 0 Å². The third kappa shape index (κ3) is 2.93. The maximum absolute atomic E-state index is 6.57. The van der Waals surface area contributed by atoms with Crippen LogP contribution in [-0.4, -0.2) is 4.57 Å². The number of hydrogen-bond donors (Lipinski definition) is 0. The van der Waals surface area contributed by atoms with Gasteiger partial charge in [-0.15, -0.1) is 6.58 Å². The van der Waals surface area contributed by atoms with Crippen molar-refractivity contribution in [3.8, 4) is 17.2 Å². The van der Waals surface area contributed by atoms with Crippen LogP contribution in [0.1, 0.15) is 11.1 Å². The van der Waals surface area contributed by atoms with E-state index in [4.69, 9.17) is 4.74 Å². The Morgan fingerprint density at radius 1 is 0.833 bits per heavy atom. The first-order valence-corrected chi connectivity index (χ1v) is 12.2. The van der Waals surface area contributed by atoms with Gasteiger partial charge in [0.25, 0.3) is 0 Å². The van der Waals surface area contributed by atoms with Gasteiger partial charge < -0.3 is 14.2 Å². The average Bonchev–Trinajstić information content (AvgIpc) is 3.24. The Labute approximate surface area is 210 Å². The van der Waals surface area contributed by atoms with E-state index < -0.39 is 0 Å². The van der Waals surface area contributed by atoms with Gasteiger partial charge in [0.05, 0.1) is 22.4 Å².